The number of nitrogens with zero attached hydrogens (tertiary/aromatic N) is 10. The zero-order valence-corrected chi connectivity index (χ0v) is 40.3. The summed E-state index contributed by atoms with van der Waals surface area (Å²) in [6.45, 7) is 4.63. The van der Waals surface area contributed by atoms with Crippen molar-refractivity contribution in [3.05, 3.63) is 116 Å². The number of anilines is 6. The van der Waals surface area contributed by atoms with Gasteiger partial charge in [-0.2, -0.15) is 26.3 Å². The zero-order valence-electron chi connectivity index (χ0n) is 35.4. The van der Waals surface area contributed by atoms with E-state index in [9.17, 15) is 35.9 Å². The van der Waals surface area contributed by atoms with Gasteiger partial charge in [0.25, 0.3) is 5.91 Å². The Morgan fingerprint density at radius 2 is 1.01 bits per heavy atom. The number of nitrogens with two attached hydrogens (primary N) is 1. The van der Waals surface area contributed by atoms with Gasteiger partial charge in [-0.25, -0.2) is 14.8 Å². The third kappa shape index (κ3) is 12.3. The van der Waals surface area contributed by atoms with Gasteiger partial charge < -0.3 is 35.8 Å². The lowest BCUT2D eigenvalue weighted by atomic mass is 10.2. The van der Waals surface area contributed by atoms with Gasteiger partial charge in [0.1, 0.15) is 15.7 Å². The highest BCUT2D eigenvalue weighted by Gasteiger charge is 2.38. The van der Waals surface area contributed by atoms with E-state index in [1.165, 1.54) is 22.7 Å². The highest BCUT2D eigenvalue weighted by Crippen LogP contribution is 2.37. The molecule has 6 aromatic heterocycles. The topological polar surface area (TPSA) is 183 Å². The summed E-state index contributed by atoms with van der Waals surface area (Å²) in [5, 5.41) is 32.9. The summed E-state index contributed by atoms with van der Waals surface area (Å²) < 4.78 is 76.2. The van der Waals surface area contributed by atoms with Crippen LogP contribution >= 0.6 is 68.0 Å². The summed E-state index contributed by atoms with van der Waals surface area (Å²) >= 11 is 7.03. The summed E-state index contributed by atoms with van der Waals surface area (Å²) in [6, 6.07) is 22.8. The molecule has 8 heterocycles. The van der Waals surface area contributed by atoms with Crippen molar-refractivity contribution in [2.24, 2.45) is 0 Å². The first-order valence-corrected chi connectivity index (χ1v) is 25.5. The number of hydrogen-bond acceptors (Lipinski definition) is 19. The van der Waals surface area contributed by atoms with Crippen molar-refractivity contribution in [2.75, 3.05) is 83.0 Å². The Kier molecular flexibility index (Phi) is 15.4. The molecule has 27 heteroatoms. The van der Waals surface area contributed by atoms with Crippen LogP contribution in [0.2, 0.25) is 0 Å². The van der Waals surface area contributed by atoms with Gasteiger partial charge in [0.05, 0.1) is 32.5 Å². The second kappa shape index (κ2) is 21.6. The molecule has 0 saturated carbocycles. The third-order valence-corrected chi connectivity index (χ3v) is 15.9. The lowest BCUT2D eigenvalue weighted by Crippen LogP contribution is -2.46. The van der Waals surface area contributed by atoms with Crippen molar-refractivity contribution in [2.45, 2.75) is 12.4 Å². The number of para-hydroxylation sites is 4. The van der Waals surface area contributed by atoms with Gasteiger partial charge in [-0.3, -0.25) is 4.79 Å². The average Bonchev–Trinajstić information content (AvgIpc) is 4.20. The molecule has 360 valence electrons. The van der Waals surface area contributed by atoms with Gasteiger partial charge in [0.15, 0.2) is 5.69 Å². The Balaban J connectivity index is 0.000000156. The molecule has 10 rings (SSSR count). The lowest BCUT2D eigenvalue weighted by Gasteiger charge is -2.36. The van der Waals surface area contributed by atoms with Crippen LogP contribution in [-0.4, -0.2) is 99.7 Å². The van der Waals surface area contributed by atoms with E-state index in [2.05, 4.69) is 45.5 Å². The van der Waals surface area contributed by atoms with Crippen LogP contribution in [0.15, 0.2) is 94.3 Å². The van der Waals surface area contributed by atoms with Gasteiger partial charge in [0.2, 0.25) is 20.3 Å². The van der Waals surface area contributed by atoms with E-state index >= 15 is 0 Å². The molecule has 2 aromatic carbocycles. The number of nitrogen functional groups attached to an aromatic ring is 1. The maximum atomic E-state index is 12.9. The van der Waals surface area contributed by atoms with E-state index in [0.29, 0.717) is 97.2 Å². The first-order valence-electron chi connectivity index (χ1n) is 20.4. The number of piperazine rings is 2. The second-order valence-electron chi connectivity index (χ2n) is 14.6. The molecule has 2 fully saturated rings. The van der Waals surface area contributed by atoms with Crippen molar-refractivity contribution in [1.29, 1.82) is 0 Å². The zero-order chi connectivity index (χ0) is 48.7. The minimum absolute atomic E-state index is 0.119. The molecular weight excluding hydrogens is 1030 g/mol. The van der Waals surface area contributed by atoms with Crippen LogP contribution in [0.4, 0.5) is 59.4 Å². The Morgan fingerprint density at radius 1 is 0.565 bits per heavy atom. The van der Waals surface area contributed by atoms with Crippen molar-refractivity contribution < 1.29 is 41.0 Å². The molecule has 8 aromatic rings. The van der Waals surface area contributed by atoms with Crippen LogP contribution < -0.4 is 30.7 Å². The van der Waals surface area contributed by atoms with E-state index in [1.54, 1.807) is 38.3 Å². The number of halogens is 6. The number of carbonyl (C=O) groups is 2. The van der Waals surface area contributed by atoms with E-state index < -0.39 is 28.3 Å². The monoisotopic (exact) mass is 1060 g/mol. The largest absolute Gasteiger partial charge is 0.476 e. The second-order valence-corrected chi connectivity index (χ2v) is 20.1. The number of nitrogens with one attached hydrogen (secondary N) is 1. The summed E-state index contributed by atoms with van der Waals surface area (Å²) in [5.41, 5.74) is 9.57. The first kappa shape index (κ1) is 49.2. The molecule has 2 aliphatic rings. The fourth-order valence-electron chi connectivity index (χ4n) is 6.79. The number of thiophene rings is 2. The number of hydrogen-bond donors (Lipinski definition) is 3. The summed E-state index contributed by atoms with van der Waals surface area (Å²) in [4.78, 5) is 41.7. The van der Waals surface area contributed by atoms with Crippen LogP contribution in [0.3, 0.4) is 0 Å². The van der Waals surface area contributed by atoms with Gasteiger partial charge in [0, 0.05) is 63.1 Å². The number of aromatic nitrogens is 6. The molecule has 0 radical (unpaired) electrons. The maximum absolute atomic E-state index is 12.9. The summed E-state index contributed by atoms with van der Waals surface area (Å²) in [5.74, 6) is -1.27. The highest BCUT2D eigenvalue weighted by atomic mass is 32.1. The summed E-state index contributed by atoms with van der Waals surface area (Å²) in [6.07, 6.45) is -8.92. The van der Waals surface area contributed by atoms with Gasteiger partial charge in [-0.1, -0.05) is 59.1 Å². The van der Waals surface area contributed by atoms with Gasteiger partial charge in [-0.05, 0) is 47.2 Å². The normalized spacial score (nSPS) is 14.2. The number of carbonyl (C=O) groups excluding carboxylic acids is 1. The maximum Gasteiger partial charge on any atom is 0.445 e. The number of benzene rings is 2. The molecule has 0 bridgehead atoms. The minimum atomic E-state index is -4.49. The first-order chi connectivity index (χ1) is 33.1. The molecule has 1 amide bonds. The molecule has 4 N–H and O–H groups in total. The van der Waals surface area contributed by atoms with E-state index in [0.717, 1.165) is 31.1 Å². The van der Waals surface area contributed by atoms with Crippen molar-refractivity contribution >= 4 is 113 Å². The Bertz CT molecular complexity index is 2940. The summed E-state index contributed by atoms with van der Waals surface area (Å²) in [7, 11) is 0. The molecule has 0 aliphatic carbocycles. The molecule has 15 nitrogen and oxygen atoms in total. The fraction of sp³-hybridized carbons (Fsp3) is 0.238. The minimum Gasteiger partial charge on any atom is -0.476 e. The Morgan fingerprint density at radius 3 is 1.46 bits per heavy atom. The molecular formula is C42H36F6N12O3S6. The predicted molar refractivity (Wildman–Crippen MR) is 262 cm³/mol. The molecule has 0 unspecified atom stereocenters. The van der Waals surface area contributed by atoms with E-state index in [1.807, 2.05) is 88.5 Å². The fourth-order valence-corrected chi connectivity index (χ4v) is 11.5. The number of carboxylic acid groups (broad SMARTS) is 1. The smallest absolute Gasteiger partial charge is 0.445 e. The van der Waals surface area contributed by atoms with Crippen molar-refractivity contribution in [3.63, 3.8) is 0 Å². The molecule has 2 saturated heterocycles. The number of alkyl halides is 6. The van der Waals surface area contributed by atoms with Crippen LogP contribution in [0.5, 0.6) is 0 Å². The predicted octanol–water partition coefficient (Wildman–Crippen LogP) is 10.4. The number of aromatic carboxylic acids is 1. The van der Waals surface area contributed by atoms with Crippen LogP contribution in [0.25, 0.3) is 19.8 Å². The quantitative estimate of drug-likeness (QED) is 0.0917. The van der Waals surface area contributed by atoms with Gasteiger partial charge in [-0.15, -0.1) is 65.7 Å². The SMILES string of the molecule is Nc1ccccc1N1CCN(c2nnc(C(F)(F)F)s2)CC1.O=C(Nc1ccccc1N1CCN(c2nnc(C(F)(F)F)s2)CC1)c1csc(-c2cccs2)n1.O=C(O)c1csc(-c2cccs2)n1. The van der Waals surface area contributed by atoms with E-state index in [4.69, 9.17) is 10.8 Å². The molecule has 69 heavy (non-hydrogen) atoms. The van der Waals surface area contributed by atoms with Crippen LogP contribution in [0, 0.1) is 0 Å². The Hall–Kier alpha value is -6.26. The molecule has 0 spiro atoms. The van der Waals surface area contributed by atoms with E-state index in [-0.39, 0.29) is 16.7 Å². The third-order valence-electron chi connectivity index (χ3n) is 10.1. The van der Waals surface area contributed by atoms with Crippen LogP contribution in [0.1, 0.15) is 31.0 Å². The highest BCUT2D eigenvalue weighted by molar-refractivity contribution is 7.20. The number of rotatable bonds is 9. The van der Waals surface area contributed by atoms with Crippen molar-refractivity contribution in [3.8, 4) is 19.8 Å². The number of amides is 1. The molecule has 2 aliphatic heterocycles. The van der Waals surface area contributed by atoms with Gasteiger partial charge >= 0.3 is 18.3 Å². The standard InChI is InChI=1S/C21H17F3N6OS3.C13H14F3N5S.C8H5NO2S2/c22-21(23,24)19-27-28-20(34-19)30-9-7-29(8-10-30)15-5-2-1-4-13(15)25-17(31)14-12-33-18(26-14)16-6-3-11-32-16;14-13(15,16)11-18-19-12(22-11)21-7-5-20(6-8-21)10-4-2-1-3-9(10)17;10-8(11)5-4-13-7(9-5)6-2-1-3-12-6/h1-6,11-12H,7-10H2,(H,25,31);1-4H,5-8,17H2;1-4H,(H,10,11). The average molecular weight is 1060 g/mol. The number of carboxylic acids is 1. The number of thiazole rings is 2. The molecule has 0 atom stereocenters. The Labute approximate surface area is 412 Å². The van der Waals surface area contributed by atoms with Crippen LogP contribution in [-0.2, 0) is 12.4 Å². The lowest BCUT2D eigenvalue weighted by molar-refractivity contribution is -0.138. The van der Waals surface area contributed by atoms with Crippen molar-refractivity contribution in [1.82, 2.24) is 30.4 Å².